The average molecular weight is 305 g/mol. The Hall–Kier alpha value is -0.330. The van der Waals surface area contributed by atoms with Crippen LogP contribution in [0.1, 0.15) is 4.88 Å². The van der Waals surface area contributed by atoms with Crippen molar-refractivity contribution < 1.29 is 5.11 Å². The molecule has 0 amide bonds. The molecule has 0 unspecified atom stereocenters. The van der Waals surface area contributed by atoms with Gasteiger partial charge in [-0.05, 0) is 40.8 Å². The number of nitrogen functional groups attached to an aromatic ring is 1. The van der Waals surface area contributed by atoms with Crippen molar-refractivity contribution in [1.29, 1.82) is 0 Å². The predicted molar refractivity (Wildman–Crippen MR) is 64.9 cm³/mol. The Morgan fingerprint density at radius 2 is 2.23 bits per heavy atom. The van der Waals surface area contributed by atoms with E-state index < -0.39 is 0 Å². The number of benzene rings is 1. The van der Waals surface area contributed by atoms with Gasteiger partial charge in [0.25, 0.3) is 0 Å². The van der Waals surface area contributed by atoms with E-state index in [1.807, 2.05) is 18.2 Å². The lowest BCUT2D eigenvalue weighted by atomic mass is 10.2. The standard InChI is InChI=1S/C9H8INOS/c10-9-6-3-5(11)1-2-7(6)13-8(9)4-12/h1-3,12H,4,11H2. The Bertz CT molecular complexity index is 452. The fourth-order valence-electron chi connectivity index (χ4n) is 1.24. The second kappa shape index (κ2) is 3.43. The summed E-state index contributed by atoms with van der Waals surface area (Å²) >= 11 is 3.86. The molecular formula is C9H8INOS. The first kappa shape index (κ1) is 9.23. The molecule has 3 N–H and O–H groups in total. The number of anilines is 1. The van der Waals surface area contributed by atoms with E-state index in [1.54, 1.807) is 11.3 Å². The first-order valence-corrected chi connectivity index (χ1v) is 5.69. The van der Waals surface area contributed by atoms with Crippen LogP contribution in [-0.4, -0.2) is 5.11 Å². The highest BCUT2D eigenvalue weighted by Gasteiger charge is 2.08. The van der Waals surface area contributed by atoms with Crippen LogP contribution in [0.15, 0.2) is 18.2 Å². The van der Waals surface area contributed by atoms with Crippen molar-refractivity contribution in [2.24, 2.45) is 0 Å². The molecule has 0 fully saturated rings. The third kappa shape index (κ3) is 1.53. The molecule has 1 heterocycles. The van der Waals surface area contributed by atoms with E-state index >= 15 is 0 Å². The zero-order chi connectivity index (χ0) is 9.42. The van der Waals surface area contributed by atoms with Crippen LogP contribution in [0, 0.1) is 3.57 Å². The number of thiophene rings is 1. The molecule has 0 spiro atoms. The summed E-state index contributed by atoms with van der Waals surface area (Å²) < 4.78 is 2.30. The second-order valence-corrected chi connectivity index (χ2v) is 4.97. The van der Waals surface area contributed by atoms with Gasteiger partial charge in [0.2, 0.25) is 0 Å². The second-order valence-electron chi connectivity index (χ2n) is 2.75. The highest BCUT2D eigenvalue weighted by molar-refractivity contribution is 14.1. The minimum atomic E-state index is 0.109. The number of hydrogen-bond acceptors (Lipinski definition) is 3. The maximum absolute atomic E-state index is 9.06. The lowest BCUT2D eigenvalue weighted by Gasteiger charge is -1.93. The van der Waals surface area contributed by atoms with Gasteiger partial charge in [0.05, 0.1) is 6.61 Å². The summed E-state index contributed by atoms with van der Waals surface area (Å²) in [5.41, 5.74) is 6.45. The summed E-state index contributed by atoms with van der Waals surface area (Å²) in [6.45, 7) is 0.109. The number of rotatable bonds is 1. The largest absolute Gasteiger partial charge is 0.399 e. The summed E-state index contributed by atoms with van der Waals surface area (Å²) in [4.78, 5) is 1.02. The highest BCUT2D eigenvalue weighted by Crippen LogP contribution is 2.33. The van der Waals surface area contributed by atoms with Crippen molar-refractivity contribution in [2.75, 3.05) is 5.73 Å². The Morgan fingerprint density at radius 3 is 2.92 bits per heavy atom. The molecule has 0 aliphatic heterocycles. The zero-order valence-electron chi connectivity index (χ0n) is 6.75. The fourth-order valence-corrected chi connectivity index (χ4v) is 3.30. The normalized spacial score (nSPS) is 10.9. The summed E-state index contributed by atoms with van der Waals surface area (Å²) in [5.74, 6) is 0. The molecule has 13 heavy (non-hydrogen) atoms. The van der Waals surface area contributed by atoms with Crippen LogP contribution in [-0.2, 0) is 6.61 Å². The van der Waals surface area contributed by atoms with Crippen molar-refractivity contribution >= 4 is 49.7 Å². The van der Waals surface area contributed by atoms with E-state index in [2.05, 4.69) is 22.6 Å². The molecule has 0 aliphatic carbocycles. The van der Waals surface area contributed by atoms with Crippen molar-refractivity contribution in [3.63, 3.8) is 0 Å². The monoisotopic (exact) mass is 305 g/mol. The van der Waals surface area contributed by atoms with Gasteiger partial charge in [-0.3, -0.25) is 0 Å². The quantitative estimate of drug-likeness (QED) is 0.628. The molecule has 2 rings (SSSR count). The minimum absolute atomic E-state index is 0.109. The third-order valence-electron chi connectivity index (χ3n) is 1.86. The summed E-state index contributed by atoms with van der Waals surface area (Å²) in [5, 5.41) is 10.2. The molecule has 0 atom stereocenters. The van der Waals surface area contributed by atoms with Crippen molar-refractivity contribution in [3.8, 4) is 0 Å². The number of fused-ring (bicyclic) bond motifs is 1. The molecule has 1 aromatic heterocycles. The molecule has 0 radical (unpaired) electrons. The van der Waals surface area contributed by atoms with Gasteiger partial charge >= 0.3 is 0 Å². The third-order valence-corrected chi connectivity index (χ3v) is 4.62. The zero-order valence-corrected chi connectivity index (χ0v) is 9.72. The van der Waals surface area contributed by atoms with Crippen molar-refractivity contribution in [3.05, 3.63) is 26.6 Å². The van der Waals surface area contributed by atoms with Crippen LogP contribution in [0.2, 0.25) is 0 Å². The maximum atomic E-state index is 9.06. The van der Waals surface area contributed by atoms with E-state index in [0.717, 1.165) is 19.5 Å². The molecule has 2 aromatic rings. The Kier molecular flexibility index (Phi) is 2.44. The van der Waals surface area contributed by atoms with Crippen LogP contribution in [0.5, 0.6) is 0 Å². The maximum Gasteiger partial charge on any atom is 0.0785 e. The van der Waals surface area contributed by atoms with Crippen LogP contribution in [0.25, 0.3) is 10.1 Å². The number of aliphatic hydroxyl groups is 1. The van der Waals surface area contributed by atoms with Gasteiger partial charge in [-0.2, -0.15) is 0 Å². The number of hydrogen-bond donors (Lipinski definition) is 2. The van der Waals surface area contributed by atoms with Gasteiger partial charge in [0, 0.05) is 24.2 Å². The Labute approximate surface area is 93.5 Å². The summed E-state index contributed by atoms with van der Waals surface area (Å²) in [7, 11) is 0. The smallest absolute Gasteiger partial charge is 0.0785 e. The number of aliphatic hydroxyl groups excluding tert-OH is 1. The van der Waals surface area contributed by atoms with Gasteiger partial charge in [0.1, 0.15) is 0 Å². The molecule has 2 nitrogen and oxygen atoms in total. The van der Waals surface area contributed by atoms with E-state index in [1.165, 1.54) is 4.70 Å². The number of halogens is 1. The van der Waals surface area contributed by atoms with Crippen LogP contribution in [0.4, 0.5) is 5.69 Å². The van der Waals surface area contributed by atoms with Gasteiger partial charge in [0.15, 0.2) is 0 Å². The molecule has 0 saturated carbocycles. The van der Waals surface area contributed by atoms with Crippen LogP contribution >= 0.6 is 33.9 Å². The molecule has 0 aliphatic rings. The SMILES string of the molecule is Nc1ccc2sc(CO)c(I)c2c1. The predicted octanol–water partition coefficient (Wildman–Crippen LogP) is 2.58. The van der Waals surface area contributed by atoms with Crippen LogP contribution < -0.4 is 5.73 Å². The topological polar surface area (TPSA) is 46.2 Å². The summed E-state index contributed by atoms with van der Waals surface area (Å²) in [6, 6.07) is 5.83. The average Bonchev–Trinajstić information content (AvgIpc) is 2.44. The van der Waals surface area contributed by atoms with Crippen molar-refractivity contribution in [1.82, 2.24) is 0 Å². The van der Waals surface area contributed by atoms with Crippen LogP contribution in [0.3, 0.4) is 0 Å². The molecule has 1 aromatic carbocycles. The van der Waals surface area contributed by atoms with E-state index in [-0.39, 0.29) is 6.61 Å². The molecule has 4 heteroatoms. The first-order chi connectivity index (χ1) is 6.22. The van der Waals surface area contributed by atoms with Gasteiger partial charge in [-0.15, -0.1) is 11.3 Å². The van der Waals surface area contributed by atoms with Gasteiger partial charge in [-0.25, -0.2) is 0 Å². The van der Waals surface area contributed by atoms with Gasteiger partial charge < -0.3 is 10.8 Å². The fraction of sp³-hybridized carbons (Fsp3) is 0.111. The van der Waals surface area contributed by atoms with Crippen molar-refractivity contribution in [2.45, 2.75) is 6.61 Å². The Morgan fingerprint density at radius 1 is 1.46 bits per heavy atom. The van der Waals surface area contributed by atoms with E-state index in [9.17, 15) is 0 Å². The minimum Gasteiger partial charge on any atom is -0.399 e. The van der Waals surface area contributed by atoms with E-state index in [0.29, 0.717) is 0 Å². The molecular weight excluding hydrogens is 297 g/mol. The van der Waals surface area contributed by atoms with Gasteiger partial charge in [-0.1, -0.05) is 0 Å². The summed E-state index contributed by atoms with van der Waals surface area (Å²) in [6.07, 6.45) is 0. The highest BCUT2D eigenvalue weighted by atomic mass is 127. The Balaban J connectivity index is 2.77. The molecule has 68 valence electrons. The molecule has 0 bridgehead atoms. The first-order valence-electron chi connectivity index (χ1n) is 3.79. The number of nitrogens with two attached hydrogens (primary N) is 1. The lowest BCUT2D eigenvalue weighted by Crippen LogP contribution is -1.83. The van der Waals surface area contributed by atoms with E-state index in [4.69, 9.17) is 10.8 Å². The molecule has 0 saturated heterocycles. The lowest BCUT2D eigenvalue weighted by molar-refractivity contribution is 0.285.